The van der Waals surface area contributed by atoms with Gasteiger partial charge in [-0.2, -0.15) is 0 Å². The zero-order chi connectivity index (χ0) is 25.1. The van der Waals surface area contributed by atoms with Gasteiger partial charge < -0.3 is 10.1 Å². The minimum Gasteiger partial charge on any atom is -0.450 e. The third kappa shape index (κ3) is 19.4. The lowest BCUT2D eigenvalue weighted by Gasteiger charge is -2.20. The highest BCUT2D eigenvalue weighted by Gasteiger charge is 2.14. The van der Waals surface area contributed by atoms with Crippen LogP contribution in [-0.2, 0) is 4.74 Å². The minimum atomic E-state index is -0.283. The van der Waals surface area contributed by atoms with E-state index in [0.29, 0.717) is 12.5 Å². The highest BCUT2D eigenvalue weighted by atomic mass is 16.5. The maximum Gasteiger partial charge on any atom is 0.407 e. The molecule has 0 bridgehead atoms. The zero-order valence-corrected chi connectivity index (χ0v) is 23.1. The molecule has 3 nitrogen and oxygen atoms in total. The summed E-state index contributed by atoms with van der Waals surface area (Å²) in [6.07, 6.45) is 20.0. The monoisotopic (exact) mass is 459 g/mol. The van der Waals surface area contributed by atoms with Crippen molar-refractivity contribution in [1.29, 1.82) is 0 Å². The van der Waals surface area contributed by atoms with Gasteiger partial charge in [0.05, 0.1) is 6.61 Å². The van der Waals surface area contributed by atoms with E-state index in [1.54, 1.807) is 0 Å². The highest BCUT2D eigenvalue weighted by Crippen LogP contribution is 2.21. The maximum atomic E-state index is 12.1. The smallest absolute Gasteiger partial charge is 0.407 e. The van der Waals surface area contributed by atoms with E-state index in [2.05, 4.69) is 85.0 Å². The zero-order valence-electron chi connectivity index (χ0n) is 23.1. The van der Waals surface area contributed by atoms with Gasteiger partial charge in [-0.05, 0) is 99.3 Å². The van der Waals surface area contributed by atoms with Gasteiger partial charge in [-0.25, -0.2) is 4.79 Å². The van der Waals surface area contributed by atoms with Crippen molar-refractivity contribution in [1.82, 2.24) is 5.32 Å². The molecule has 0 aromatic heterocycles. The molecule has 0 heterocycles. The van der Waals surface area contributed by atoms with Gasteiger partial charge >= 0.3 is 6.09 Å². The third-order valence-electron chi connectivity index (χ3n) is 5.96. The summed E-state index contributed by atoms with van der Waals surface area (Å²) in [5.41, 5.74) is 5.70. The van der Waals surface area contributed by atoms with Crippen LogP contribution < -0.4 is 5.32 Å². The Morgan fingerprint density at radius 2 is 1.55 bits per heavy atom. The average Bonchev–Trinajstić information content (AvgIpc) is 2.72. The number of carbonyl (C=O) groups is 1. The van der Waals surface area contributed by atoms with E-state index >= 15 is 0 Å². The van der Waals surface area contributed by atoms with Gasteiger partial charge in [0.25, 0.3) is 0 Å². The lowest BCUT2D eigenvalue weighted by molar-refractivity contribution is 0.139. The van der Waals surface area contributed by atoms with Crippen molar-refractivity contribution in [2.24, 2.45) is 5.92 Å². The number of unbranched alkanes of at least 4 members (excludes halogenated alkanes) is 3. The predicted molar refractivity (Wildman–Crippen MR) is 146 cm³/mol. The van der Waals surface area contributed by atoms with Crippen molar-refractivity contribution in [3.05, 3.63) is 46.6 Å². The van der Waals surface area contributed by atoms with E-state index in [-0.39, 0.29) is 12.1 Å². The number of alkyl carbamates (subject to hydrolysis) is 1. The fourth-order valence-corrected chi connectivity index (χ4v) is 3.97. The number of nitrogens with one attached hydrogen (secondary N) is 1. The van der Waals surface area contributed by atoms with Crippen LogP contribution in [0.5, 0.6) is 0 Å². The standard InChI is InChI=1S/C30H53NO2/c1-9-11-12-13-20-33-30(32)31-28(8)23-29(21-24(3)4)22-27(7)19-15-18-26(6)17-14-16-25(5)10-2/h10,17,19,21,28-29H,9,11-16,18,20,22-23H2,1-8H3,(H,31,32)/b25-10+,26-17+,27-19+. The fourth-order valence-electron chi connectivity index (χ4n) is 3.97. The van der Waals surface area contributed by atoms with Crippen molar-refractivity contribution in [3.8, 4) is 0 Å². The Morgan fingerprint density at radius 3 is 2.15 bits per heavy atom. The first kappa shape index (κ1) is 31.2. The largest absolute Gasteiger partial charge is 0.450 e. The van der Waals surface area contributed by atoms with E-state index in [9.17, 15) is 4.79 Å². The molecule has 0 saturated carbocycles. The van der Waals surface area contributed by atoms with Gasteiger partial charge in [0.2, 0.25) is 0 Å². The van der Waals surface area contributed by atoms with Crippen molar-refractivity contribution in [2.75, 3.05) is 6.61 Å². The van der Waals surface area contributed by atoms with Crippen molar-refractivity contribution in [3.63, 3.8) is 0 Å². The molecular formula is C30H53NO2. The summed E-state index contributed by atoms with van der Waals surface area (Å²) in [6.45, 7) is 17.9. The van der Waals surface area contributed by atoms with E-state index in [1.165, 1.54) is 35.1 Å². The molecule has 0 aromatic carbocycles. The quantitative estimate of drug-likeness (QED) is 0.174. The number of allylic oxidation sites excluding steroid dienone is 8. The molecule has 0 aliphatic heterocycles. The first-order chi connectivity index (χ1) is 15.7. The Labute approximate surface area is 205 Å². The van der Waals surface area contributed by atoms with Crippen molar-refractivity contribution < 1.29 is 9.53 Å². The Bertz CT molecular complexity index is 650. The van der Waals surface area contributed by atoms with Crippen LogP contribution in [0.15, 0.2) is 46.6 Å². The molecule has 33 heavy (non-hydrogen) atoms. The number of hydrogen-bond donors (Lipinski definition) is 1. The molecule has 0 spiro atoms. The van der Waals surface area contributed by atoms with Crippen LogP contribution >= 0.6 is 0 Å². The first-order valence-electron chi connectivity index (χ1n) is 13.2. The summed E-state index contributed by atoms with van der Waals surface area (Å²) >= 11 is 0. The van der Waals surface area contributed by atoms with Crippen LogP contribution in [0.3, 0.4) is 0 Å². The summed E-state index contributed by atoms with van der Waals surface area (Å²) in [5.74, 6) is 0.423. The lowest BCUT2D eigenvalue weighted by atomic mass is 9.91. The number of rotatable bonds is 17. The molecule has 0 radical (unpaired) electrons. The van der Waals surface area contributed by atoms with Crippen LogP contribution in [0.25, 0.3) is 0 Å². The molecule has 3 heteroatoms. The second-order valence-electron chi connectivity index (χ2n) is 10.00. The number of ether oxygens (including phenoxy) is 1. The molecule has 2 atom stereocenters. The topological polar surface area (TPSA) is 38.3 Å². The van der Waals surface area contributed by atoms with Crippen LogP contribution in [0.4, 0.5) is 4.79 Å². The molecule has 0 fully saturated rings. The summed E-state index contributed by atoms with van der Waals surface area (Å²) in [7, 11) is 0. The molecule has 1 N–H and O–H groups in total. The Kier molecular flexibility index (Phi) is 18.6. The van der Waals surface area contributed by atoms with E-state index in [0.717, 1.165) is 51.4 Å². The molecule has 190 valence electrons. The average molecular weight is 460 g/mol. The Hall–Kier alpha value is -1.77. The van der Waals surface area contributed by atoms with Crippen LogP contribution in [0, 0.1) is 5.92 Å². The van der Waals surface area contributed by atoms with Crippen LogP contribution in [0.1, 0.15) is 120 Å². The minimum absolute atomic E-state index is 0.0901. The second-order valence-corrected chi connectivity index (χ2v) is 10.00. The molecule has 2 unspecified atom stereocenters. The van der Waals surface area contributed by atoms with Gasteiger partial charge in [0.1, 0.15) is 0 Å². The lowest BCUT2D eigenvalue weighted by Crippen LogP contribution is -2.34. The van der Waals surface area contributed by atoms with E-state index in [1.807, 2.05) is 0 Å². The second kappa shape index (κ2) is 19.7. The van der Waals surface area contributed by atoms with Crippen molar-refractivity contribution >= 4 is 6.09 Å². The fraction of sp³-hybridized carbons (Fsp3) is 0.700. The predicted octanol–water partition coefficient (Wildman–Crippen LogP) is 9.46. The molecule has 1 amide bonds. The Balaban J connectivity index is 4.54. The molecule has 0 aliphatic rings. The summed E-state index contributed by atoms with van der Waals surface area (Å²) in [6, 6.07) is 0.0901. The SMILES string of the molecule is C/C=C(\C)CC/C=C(\C)CC/C=C(\C)CC(C=C(C)C)CC(C)NC(=O)OCCCCCC. The highest BCUT2D eigenvalue weighted by molar-refractivity contribution is 5.67. The number of amides is 1. The van der Waals surface area contributed by atoms with Gasteiger partial charge in [-0.3, -0.25) is 0 Å². The van der Waals surface area contributed by atoms with Gasteiger partial charge in [0.15, 0.2) is 0 Å². The summed E-state index contributed by atoms with van der Waals surface area (Å²) in [5, 5.41) is 3.02. The number of carbonyl (C=O) groups excluding carboxylic acids is 1. The summed E-state index contributed by atoms with van der Waals surface area (Å²) in [4.78, 5) is 12.1. The molecule has 0 rings (SSSR count). The van der Waals surface area contributed by atoms with Gasteiger partial charge in [-0.15, -0.1) is 0 Å². The van der Waals surface area contributed by atoms with Gasteiger partial charge in [0, 0.05) is 6.04 Å². The number of hydrogen-bond acceptors (Lipinski definition) is 2. The Morgan fingerprint density at radius 1 is 0.909 bits per heavy atom. The van der Waals surface area contributed by atoms with Crippen LogP contribution in [-0.4, -0.2) is 18.7 Å². The molecular weight excluding hydrogens is 406 g/mol. The summed E-state index contributed by atoms with van der Waals surface area (Å²) < 4.78 is 5.34. The first-order valence-corrected chi connectivity index (χ1v) is 13.2. The van der Waals surface area contributed by atoms with Gasteiger partial charge in [-0.1, -0.05) is 72.8 Å². The normalized spacial score (nSPS) is 14.6. The molecule has 0 aliphatic carbocycles. The van der Waals surface area contributed by atoms with Crippen molar-refractivity contribution in [2.45, 2.75) is 126 Å². The van der Waals surface area contributed by atoms with E-state index < -0.39 is 0 Å². The third-order valence-corrected chi connectivity index (χ3v) is 5.96. The van der Waals surface area contributed by atoms with Crippen LogP contribution in [0.2, 0.25) is 0 Å². The molecule has 0 saturated heterocycles. The maximum absolute atomic E-state index is 12.1. The van der Waals surface area contributed by atoms with E-state index in [4.69, 9.17) is 4.74 Å². The molecule has 0 aromatic rings.